The van der Waals surface area contributed by atoms with Crippen molar-refractivity contribution in [1.29, 1.82) is 0 Å². The molecule has 0 spiro atoms. The summed E-state index contributed by atoms with van der Waals surface area (Å²) >= 11 is 1.37. The molecule has 0 aliphatic carbocycles. The Balaban J connectivity index is 1.89. The highest BCUT2D eigenvalue weighted by atomic mass is 32.1. The Morgan fingerprint density at radius 1 is 0.957 bits per heavy atom. The maximum atomic E-state index is 12.3. The van der Waals surface area contributed by atoms with Crippen LogP contribution in [0.2, 0.25) is 0 Å². The summed E-state index contributed by atoms with van der Waals surface area (Å²) in [6.07, 6.45) is 0. The van der Waals surface area contributed by atoms with Crippen molar-refractivity contribution in [3.63, 3.8) is 0 Å². The molecule has 0 bridgehead atoms. The van der Waals surface area contributed by atoms with Crippen molar-refractivity contribution in [2.24, 2.45) is 0 Å². The number of amides is 2. The lowest BCUT2D eigenvalue weighted by Gasteiger charge is -2.13. The van der Waals surface area contributed by atoms with Crippen LogP contribution in [0.25, 0.3) is 0 Å². The topological polar surface area (TPSA) is 76.7 Å². The average molecular weight is 334 g/mol. The first kappa shape index (κ1) is 16.8. The van der Waals surface area contributed by atoms with Crippen LogP contribution in [0.4, 0.5) is 0 Å². The van der Waals surface area contributed by atoms with Gasteiger partial charge in [0, 0.05) is 13.1 Å². The van der Waals surface area contributed by atoms with Crippen LogP contribution in [-0.4, -0.2) is 39.1 Å². The molecule has 0 saturated heterocycles. The number of thiophene rings is 1. The number of ether oxygens (including phenoxy) is 2. The smallest absolute Gasteiger partial charge is 0.261 e. The molecule has 23 heavy (non-hydrogen) atoms. The number of methoxy groups -OCH3 is 2. The highest BCUT2D eigenvalue weighted by Crippen LogP contribution is 2.27. The number of carbonyl (C=O) groups excluding carboxylic acids is 2. The molecule has 0 fully saturated rings. The van der Waals surface area contributed by atoms with Gasteiger partial charge in [-0.25, -0.2) is 0 Å². The fraction of sp³-hybridized carbons (Fsp3) is 0.250. The lowest BCUT2D eigenvalue weighted by atomic mass is 10.1. The maximum Gasteiger partial charge on any atom is 0.261 e. The highest BCUT2D eigenvalue weighted by molar-refractivity contribution is 7.12. The zero-order valence-corrected chi connectivity index (χ0v) is 13.7. The molecule has 0 radical (unpaired) electrons. The number of benzene rings is 1. The Hall–Kier alpha value is -2.54. The summed E-state index contributed by atoms with van der Waals surface area (Å²) < 4.78 is 10.4. The zero-order chi connectivity index (χ0) is 16.7. The second-order valence-electron chi connectivity index (χ2n) is 4.53. The molecule has 2 N–H and O–H groups in total. The van der Waals surface area contributed by atoms with Crippen LogP contribution in [0, 0.1) is 0 Å². The second kappa shape index (κ2) is 8.19. The van der Waals surface area contributed by atoms with Crippen LogP contribution in [0.3, 0.4) is 0 Å². The van der Waals surface area contributed by atoms with E-state index < -0.39 is 0 Å². The maximum absolute atomic E-state index is 12.3. The van der Waals surface area contributed by atoms with E-state index >= 15 is 0 Å². The quantitative estimate of drug-likeness (QED) is 0.759. The van der Waals surface area contributed by atoms with Crippen molar-refractivity contribution >= 4 is 23.2 Å². The molecule has 0 unspecified atom stereocenters. The van der Waals surface area contributed by atoms with E-state index in [9.17, 15) is 9.59 Å². The van der Waals surface area contributed by atoms with Gasteiger partial charge in [-0.2, -0.15) is 0 Å². The third-order valence-electron chi connectivity index (χ3n) is 3.10. The monoisotopic (exact) mass is 334 g/mol. The van der Waals surface area contributed by atoms with E-state index in [1.165, 1.54) is 25.6 Å². The standard InChI is InChI=1S/C16H18N2O4S/c1-21-11-5-3-6-12(22-2)14(11)16(20)18-9-8-17-15(19)13-7-4-10-23-13/h3-7,10H,8-9H2,1-2H3,(H,17,19)(H,18,20). The molecule has 2 rings (SSSR count). The van der Waals surface area contributed by atoms with Crippen molar-refractivity contribution in [2.45, 2.75) is 0 Å². The van der Waals surface area contributed by atoms with Crippen LogP contribution >= 0.6 is 11.3 Å². The Morgan fingerprint density at radius 3 is 2.09 bits per heavy atom. The Kier molecular flexibility index (Phi) is 5.99. The van der Waals surface area contributed by atoms with Crippen LogP contribution in [0.5, 0.6) is 11.5 Å². The first-order valence-corrected chi connectivity index (χ1v) is 7.86. The third kappa shape index (κ3) is 4.23. The van der Waals surface area contributed by atoms with E-state index in [2.05, 4.69) is 10.6 Å². The molecule has 2 amide bonds. The summed E-state index contributed by atoms with van der Waals surface area (Å²) in [5.74, 6) is 0.405. The Bertz CT molecular complexity index is 648. The summed E-state index contributed by atoms with van der Waals surface area (Å²) in [6, 6.07) is 8.69. The minimum absolute atomic E-state index is 0.149. The fourth-order valence-corrected chi connectivity index (χ4v) is 2.65. The summed E-state index contributed by atoms with van der Waals surface area (Å²) in [4.78, 5) is 24.7. The van der Waals surface area contributed by atoms with Gasteiger partial charge in [-0.15, -0.1) is 11.3 Å². The van der Waals surface area contributed by atoms with Crippen LogP contribution in [-0.2, 0) is 0 Å². The predicted octanol–water partition coefficient (Wildman–Crippen LogP) is 1.93. The van der Waals surface area contributed by atoms with Crippen molar-refractivity contribution in [3.05, 3.63) is 46.2 Å². The summed E-state index contributed by atoms with van der Waals surface area (Å²) in [5, 5.41) is 7.32. The molecular weight excluding hydrogens is 316 g/mol. The first-order chi connectivity index (χ1) is 11.2. The van der Waals surface area contributed by atoms with Crippen molar-refractivity contribution in [3.8, 4) is 11.5 Å². The van der Waals surface area contributed by atoms with E-state index in [1.54, 1.807) is 24.3 Å². The molecule has 7 heteroatoms. The summed E-state index contributed by atoms with van der Waals surface area (Å²) in [5.41, 5.74) is 0.335. The third-order valence-corrected chi connectivity index (χ3v) is 3.96. The van der Waals surface area contributed by atoms with Gasteiger partial charge in [0.2, 0.25) is 0 Å². The highest BCUT2D eigenvalue weighted by Gasteiger charge is 2.17. The van der Waals surface area contributed by atoms with Gasteiger partial charge in [-0.05, 0) is 23.6 Å². The van der Waals surface area contributed by atoms with Crippen LogP contribution < -0.4 is 20.1 Å². The molecule has 122 valence electrons. The summed E-state index contributed by atoms with van der Waals surface area (Å²) in [7, 11) is 2.99. The normalized spacial score (nSPS) is 10.0. The molecule has 0 saturated carbocycles. The SMILES string of the molecule is COc1cccc(OC)c1C(=O)NCCNC(=O)c1cccs1. The molecule has 2 aromatic rings. The first-order valence-electron chi connectivity index (χ1n) is 6.98. The number of carbonyl (C=O) groups is 2. The van der Waals surface area contributed by atoms with Gasteiger partial charge in [-0.3, -0.25) is 9.59 Å². The van der Waals surface area contributed by atoms with Gasteiger partial charge in [0.25, 0.3) is 11.8 Å². The van der Waals surface area contributed by atoms with Crippen molar-refractivity contribution < 1.29 is 19.1 Å². The van der Waals surface area contributed by atoms with E-state index in [4.69, 9.17) is 9.47 Å². The molecule has 0 aliphatic rings. The second-order valence-corrected chi connectivity index (χ2v) is 5.47. The van der Waals surface area contributed by atoms with Crippen LogP contribution in [0.1, 0.15) is 20.0 Å². The molecule has 1 aromatic heterocycles. The predicted molar refractivity (Wildman–Crippen MR) is 88.5 cm³/mol. The zero-order valence-electron chi connectivity index (χ0n) is 12.9. The van der Waals surface area contributed by atoms with Gasteiger partial charge in [0.05, 0.1) is 19.1 Å². The van der Waals surface area contributed by atoms with E-state index in [0.29, 0.717) is 35.0 Å². The minimum atomic E-state index is -0.315. The summed E-state index contributed by atoms with van der Waals surface area (Å²) in [6.45, 7) is 0.636. The molecule has 1 heterocycles. The molecule has 0 aliphatic heterocycles. The lowest BCUT2D eigenvalue weighted by molar-refractivity contribution is 0.0926. The number of rotatable bonds is 7. The fourth-order valence-electron chi connectivity index (χ4n) is 2.01. The number of nitrogens with one attached hydrogen (secondary N) is 2. The van der Waals surface area contributed by atoms with Gasteiger partial charge in [0.1, 0.15) is 17.1 Å². The van der Waals surface area contributed by atoms with Gasteiger partial charge in [-0.1, -0.05) is 12.1 Å². The van der Waals surface area contributed by atoms with Gasteiger partial charge < -0.3 is 20.1 Å². The van der Waals surface area contributed by atoms with E-state index in [1.807, 2.05) is 11.4 Å². The van der Waals surface area contributed by atoms with E-state index in [-0.39, 0.29) is 11.8 Å². The number of hydrogen-bond donors (Lipinski definition) is 2. The van der Waals surface area contributed by atoms with E-state index in [0.717, 1.165) is 0 Å². The molecular formula is C16H18N2O4S. The molecule has 0 atom stereocenters. The Morgan fingerprint density at radius 2 is 1.57 bits per heavy atom. The Labute approximate surface area is 138 Å². The number of hydrogen-bond acceptors (Lipinski definition) is 5. The molecule has 1 aromatic carbocycles. The lowest BCUT2D eigenvalue weighted by Crippen LogP contribution is -2.34. The van der Waals surface area contributed by atoms with Crippen molar-refractivity contribution in [1.82, 2.24) is 10.6 Å². The van der Waals surface area contributed by atoms with Gasteiger partial charge in [0.15, 0.2) is 0 Å². The molecule has 6 nitrogen and oxygen atoms in total. The van der Waals surface area contributed by atoms with Gasteiger partial charge >= 0.3 is 0 Å². The van der Waals surface area contributed by atoms with Crippen LogP contribution in [0.15, 0.2) is 35.7 Å². The average Bonchev–Trinajstić information content (AvgIpc) is 3.12. The minimum Gasteiger partial charge on any atom is -0.496 e. The van der Waals surface area contributed by atoms with Crippen molar-refractivity contribution in [2.75, 3.05) is 27.3 Å². The largest absolute Gasteiger partial charge is 0.496 e.